The van der Waals surface area contributed by atoms with Crippen molar-refractivity contribution in [3.63, 3.8) is 0 Å². The first-order valence-corrected chi connectivity index (χ1v) is 7.65. The summed E-state index contributed by atoms with van der Waals surface area (Å²) < 4.78 is 1.09. The minimum Gasteiger partial charge on any atom is -0.480 e. The molecule has 1 aromatic rings. The van der Waals surface area contributed by atoms with Crippen molar-refractivity contribution in [1.29, 1.82) is 0 Å². The number of carboxylic acid groups (broad SMARTS) is 1. The maximum absolute atomic E-state index is 11.1. The molecule has 1 N–H and O–H groups in total. The van der Waals surface area contributed by atoms with Crippen LogP contribution >= 0.6 is 15.9 Å². The van der Waals surface area contributed by atoms with Gasteiger partial charge in [0.15, 0.2) is 0 Å². The molecule has 0 bridgehead atoms. The number of halogens is 1. The van der Waals surface area contributed by atoms with Gasteiger partial charge in [0.05, 0.1) is 6.54 Å². The smallest absolute Gasteiger partial charge is 0.317 e. The summed E-state index contributed by atoms with van der Waals surface area (Å²) in [4.78, 5) is 15.3. The van der Waals surface area contributed by atoms with Crippen molar-refractivity contribution >= 4 is 21.9 Å². The van der Waals surface area contributed by atoms with E-state index in [-0.39, 0.29) is 12.6 Å². The molecule has 0 radical (unpaired) electrons. The first kappa shape index (κ1) is 15.5. The van der Waals surface area contributed by atoms with E-state index in [9.17, 15) is 4.79 Å². The van der Waals surface area contributed by atoms with Crippen LogP contribution in [0.3, 0.4) is 0 Å². The van der Waals surface area contributed by atoms with E-state index in [0.29, 0.717) is 0 Å². The molecule has 0 heterocycles. The predicted octanol–water partition coefficient (Wildman–Crippen LogP) is 2.38. The normalized spacial score (nSPS) is 17.8. The molecule has 0 amide bonds. The molecular formula is C15H21BrN2O2. The SMILES string of the molecule is CN(C)CCN(CC(=O)O)C1CCc2cc(Br)ccc21. The number of rotatable bonds is 6. The van der Waals surface area contributed by atoms with Crippen molar-refractivity contribution in [2.75, 3.05) is 33.7 Å². The van der Waals surface area contributed by atoms with Crippen molar-refractivity contribution in [3.8, 4) is 0 Å². The first-order valence-electron chi connectivity index (χ1n) is 6.86. The Morgan fingerprint density at radius 3 is 2.80 bits per heavy atom. The van der Waals surface area contributed by atoms with Gasteiger partial charge in [0.1, 0.15) is 0 Å². The van der Waals surface area contributed by atoms with Gasteiger partial charge < -0.3 is 10.0 Å². The number of likely N-dealkylation sites (N-methyl/N-ethyl adjacent to an activating group) is 1. The number of benzene rings is 1. The van der Waals surface area contributed by atoms with Gasteiger partial charge in [0.2, 0.25) is 0 Å². The lowest BCUT2D eigenvalue weighted by Gasteiger charge is -2.29. The van der Waals surface area contributed by atoms with Gasteiger partial charge in [-0.25, -0.2) is 0 Å². The molecule has 0 aromatic heterocycles. The Balaban J connectivity index is 2.16. The Morgan fingerprint density at radius 1 is 1.40 bits per heavy atom. The minimum absolute atomic E-state index is 0.105. The summed E-state index contributed by atoms with van der Waals surface area (Å²) in [5.41, 5.74) is 2.62. The topological polar surface area (TPSA) is 43.8 Å². The van der Waals surface area contributed by atoms with Crippen molar-refractivity contribution in [2.45, 2.75) is 18.9 Å². The molecule has 2 rings (SSSR count). The predicted molar refractivity (Wildman–Crippen MR) is 83.0 cm³/mol. The number of hydrogen-bond acceptors (Lipinski definition) is 3. The highest BCUT2D eigenvalue weighted by Crippen LogP contribution is 2.36. The summed E-state index contributed by atoms with van der Waals surface area (Å²) >= 11 is 3.50. The zero-order valence-electron chi connectivity index (χ0n) is 12.0. The van der Waals surface area contributed by atoms with E-state index in [1.165, 1.54) is 11.1 Å². The summed E-state index contributed by atoms with van der Waals surface area (Å²) in [6.07, 6.45) is 2.03. The fraction of sp³-hybridized carbons (Fsp3) is 0.533. The molecule has 4 nitrogen and oxygen atoms in total. The van der Waals surface area contributed by atoms with Crippen molar-refractivity contribution < 1.29 is 9.90 Å². The average Bonchev–Trinajstić information content (AvgIpc) is 2.76. The summed E-state index contributed by atoms with van der Waals surface area (Å²) in [5, 5.41) is 9.14. The summed E-state index contributed by atoms with van der Waals surface area (Å²) in [7, 11) is 4.03. The summed E-state index contributed by atoms with van der Waals surface area (Å²) in [5.74, 6) is -0.755. The van der Waals surface area contributed by atoms with E-state index < -0.39 is 5.97 Å². The van der Waals surface area contributed by atoms with Crippen LogP contribution in [0.15, 0.2) is 22.7 Å². The number of carboxylic acids is 1. The average molecular weight is 341 g/mol. The minimum atomic E-state index is -0.755. The lowest BCUT2D eigenvalue weighted by atomic mass is 10.1. The molecule has 1 unspecified atom stereocenters. The van der Waals surface area contributed by atoms with Crippen LogP contribution in [0.2, 0.25) is 0 Å². The van der Waals surface area contributed by atoms with Crippen LogP contribution in [0, 0.1) is 0 Å². The number of fused-ring (bicyclic) bond motifs is 1. The molecule has 0 saturated carbocycles. The third-order valence-corrected chi connectivity index (χ3v) is 4.26. The van der Waals surface area contributed by atoms with Gasteiger partial charge in [-0.1, -0.05) is 22.0 Å². The third kappa shape index (κ3) is 3.81. The number of aliphatic carboxylic acids is 1. The van der Waals surface area contributed by atoms with E-state index in [2.05, 4.69) is 37.9 Å². The number of carbonyl (C=O) groups is 1. The van der Waals surface area contributed by atoms with E-state index >= 15 is 0 Å². The summed E-state index contributed by atoms with van der Waals surface area (Å²) in [6, 6.07) is 6.55. The van der Waals surface area contributed by atoms with Gasteiger partial charge in [-0.15, -0.1) is 0 Å². The highest BCUT2D eigenvalue weighted by Gasteiger charge is 2.29. The fourth-order valence-corrected chi connectivity index (χ4v) is 3.20. The zero-order chi connectivity index (χ0) is 14.7. The standard InChI is InChI=1S/C15H21BrN2O2/c1-17(2)7-8-18(10-15(19)20)14-6-3-11-9-12(16)4-5-13(11)14/h4-5,9,14H,3,6-8,10H2,1-2H3,(H,19,20). The van der Waals surface area contributed by atoms with Gasteiger partial charge >= 0.3 is 5.97 Å². The molecule has 110 valence electrons. The second kappa shape index (κ2) is 6.70. The molecule has 0 aliphatic heterocycles. The monoisotopic (exact) mass is 340 g/mol. The largest absolute Gasteiger partial charge is 0.480 e. The van der Waals surface area contributed by atoms with Crippen LogP contribution in [0.1, 0.15) is 23.6 Å². The van der Waals surface area contributed by atoms with Crippen LogP contribution in [0.4, 0.5) is 0 Å². The van der Waals surface area contributed by atoms with Gasteiger partial charge in [-0.05, 0) is 50.2 Å². The van der Waals surface area contributed by atoms with Crippen LogP contribution in [0.5, 0.6) is 0 Å². The fourth-order valence-electron chi connectivity index (χ4n) is 2.79. The Hall–Kier alpha value is -0.910. The lowest BCUT2D eigenvalue weighted by Crippen LogP contribution is -2.37. The molecule has 0 fully saturated rings. The Bertz CT molecular complexity index is 491. The maximum atomic E-state index is 11.1. The molecular weight excluding hydrogens is 320 g/mol. The highest BCUT2D eigenvalue weighted by atomic mass is 79.9. The number of aryl methyl sites for hydroxylation is 1. The maximum Gasteiger partial charge on any atom is 0.317 e. The lowest BCUT2D eigenvalue weighted by molar-refractivity contribution is -0.139. The number of hydrogen-bond donors (Lipinski definition) is 1. The molecule has 1 aliphatic carbocycles. The van der Waals surface area contributed by atoms with E-state index in [4.69, 9.17) is 5.11 Å². The first-order chi connectivity index (χ1) is 9.47. The van der Waals surface area contributed by atoms with Gasteiger partial charge in [0.25, 0.3) is 0 Å². The van der Waals surface area contributed by atoms with Crippen LogP contribution < -0.4 is 0 Å². The van der Waals surface area contributed by atoms with E-state index in [1.807, 2.05) is 20.2 Å². The third-order valence-electron chi connectivity index (χ3n) is 3.76. The van der Waals surface area contributed by atoms with E-state index in [0.717, 1.165) is 30.4 Å². The zero-order valence-corrected chi connectivity index (χ0v) is 13.6. The van der Waals surface area contributed by atoms with Crippen LogP contribution in [0.25, 0.3) is 0 Å². The van der Waals surface area contributed by atoms with Crippen molar-refractivity contribution in [2.24, 2.45) is 0 Å². The Morgan fingerprint density at radius 2 is 2.15 bits per heavy atom. The Kier molecular flexibility index (Phi) is 5.18. The summed E-state index contributed by atoms with van der Waals surface area (Å²) in [6.45, 7) is 1.75. The van der Waals surface area contributed by atoms with Crippen molar-refractivity contribution in [3.05, 3.63) is 33.8 Å². The van der Waals surface area contributed by atoms with Crippen LogP contribution in [-0.2, 0) is 11.2 Å². The highest BCUT2D eigenvalue weighted by molar-refractivity contribution is 9.10. The molecule has 5 heteroatoms. The molecule has 0 spiro atoms. The Labute approximate surface area is 128 Å². The van der Waals surface area contributed by atoms with E-state index in [1.54, 1.807) is 0 Å². The quantitative estimate of drug-likeness (QED) is 0.863. The van der Waals surface area contributed by atoms with Crippen molar-refractivity contribution in [1.82, 2.24) is 9.80 Å². The van der Waals surface area contributed by atoms with Gasteiger partial charge in [0, 0.05) is 23.6 Å². The molecule has 1 atom stereocenters. The second-order valence-electron chi connectivity index (χ2n) is 5.57. The molecule has 0 saturated heterocycles. The molecule has 20 heavy (non-hydrogen) atoms. The second-order valence-corrected chi connectivity index (χ2v) is 6.48. The van der Waals surface area contributed by atoms with Gasteiger partial charge in [-0.3, -0.25) is 9.69 Å². The van der Waals surface area contributed by atoms with Crippen LogP contribution in [-0.4, -0.2) is 54.6 Å². The molecule has 1 aromatic carbocycles. The number of nitrogens with zero attached hydrogens (tertiary/aromatic N) is 2. The molecule has 1 aliphatic rings. The van der Waals surface area contributed by atoms with Gasteiger partial charge in [-0.2, -0.15) is 0 Å².